The molecule has 3 aromatic rings. The van der Waals surface area contributed by atoms with E-state index in [2.05, 4.69) is 20.5 Å². The molecule has 0 unspecified atom stereocenters. The molecule has 0 aliphatic rings. The summed E-state index contributed by atoms with van der Waals surface area (Å²) in [4.78, 5) is 28.0. The molecule has 0 aliphatic carbocycles. The number of amides is 1. The van der Waals surface area contributed by atoms with Gasteiger partial charge in [-0.15, -0.1) is 10.2 Å². The smallest absolute Gasteiger partial charge is 0.338 e. The van der Waals surface area contributed by atoms with Crippen molar-refractivity contribution in [1.82, 2.24) is 19.7 Å². The number of nitrogens with one attached hydrogen (secondary N) is 1. The molecule has 132 valence electrons. The molecular weight excluding hydrogens is 334 g/mol. The molecule has 2 heterocycles. The lowest BCUT2D eigenvalue weighted by molar-refractivity contribution is 0.0526. The first kappa shape index (κ1) is 17.3. The van der Waals surface area contributed by atoms with Gasteiger partial charge in [-0.1, -0.05) is 0 Å². The highest BCUT2D eigenvalue weighted by Crippen LogP contribution is 2.12. The highest BCUT2D eigenvalue weighted by Gasteiger charge is 2.11. The molecule has 2 aromatic heterocycles. The minimum atomic E-state index is -0.401. The number of esters is 1. The number of anilines is 1. The quantitative estimate of drug-likeness (QED) is 0.709. The van der Waals surface area contributed by atoms with Crippen LogP contribution in [0, 0.1) is 6.92 Å². The topological polar surface area (TPSA) is 99.0 Å². The average Bonchev–Trinajstić information content (AvgIpc) is 3.08. The molecule has 3 rings (SSSR count). The minimum Gasteiger partial charge on any atom is -0.462 e. The number of imidazole rings is 1. The van der Waals surface area contributed by atoms with Crippen LogP contribution in [0.25, 0.3) is 5.82 Å². The van der Waals surface area contributed by atoms with E-state index in [0.717, 1.165) is 5.82 Å². The standard InChI is InChI=1S/C18H17N5O3/c1-3-26-18(25)13-4-6-14(7-5-13)20-17(24)15-8-9-16(22-21-15)23-11-10-19-12(23)2/h4-11H,3H2,1-2H3,(H,20,24). The summed E-state index contributed by atoms with van der Waals surface area (Å²) in [7, 11) is 0. The fourth-order valence-electron chi connectivity index (χ4n) is 2.29. The monoisotopic (exact) mass is 351 g/mol. The molecule has 0 spiro atoms. The summed E-state index contributed by atoms with van der Waals surface area (Å²) in [5, 5.41) is 10.7. The van der Waals surface area contributed by atoms with E-state index in [1.807, 2.05) is 6.92 Å². The third-order valence-electron chi connectivity index (χ3n) is 3.61. The zero-order valence-corrected chi connectivity index (χ0v) is 14.3. The maximum Gasteiger partial charge on any atom is 0.338 e. The van der Waals surface area contributed by atoms with Gasteiger partial charge in [0.2, 0.25) is 0 Å². The van der Waals surface area contributed by atoms with Crippen LogP contribution in [0.2, 0.25) is 0 Å². The summed E-state index contributed by atoms with van der Waals surface area (Å²) in [5.74, 6) is 0.561. The van der Waals surface area contributed by atoms with E-state index in [4.69, 9.17) is 4.74 Å². The molecule has 0 radical (unpaired) electrons. The van der Waals surface area contributed by atoms with Crippen molar-refractivity contribution >= 4 is 17.6 Å². The Morgan fingerprint density at radius 3 is 2.46 bits per heavy atom. The second kappa shape index (κ2) is 7.56. The van der Waals surface area contributed by atoms with Gasteiger partial charge in [0.1, 0.15) is 5.82 Å². The number of ether oxygens (including phenoxy) is 1. The zero-order valence-electron chi connectivity index (χ0n) is 14.3. The Balaban J connectivity index is 1.68. The number of rotatable bonds is 5. The normalized spacial score (nSPS) is 10.4. The van der Waals surface area contributed by atoms with Gasteiger partial charge in [-0.05, 0) is 50.2 Å². The van der Waals surface area contributed by atoms with E-state index in [9.17, 15) is 9.59 Å². The van der Waals surface area contributed by atoms with Crippen LogP contribution in [0.1, 0.15) is 33.6 Å². The summed E-state index contributed by atoms with van der Waals surface area (Å²) >= 11 is 0. The number of aryl methyl sites for hydroxylation is 1. The summed E-state index contributed by atoms with van der Waals surface area (Å²) in [6.45, 7) is 3.90. The molecule has 26 heavy (non-hydrogen) atoms. The third-order valence-corrected chi connectivity index (χ3v) is 3.61. The molecule has 0 aliphatic heterocycles. The van der Waals surface area contributed by atoms with Crippen molar-refractivity contribution in [1.29, 1.82) is 0 Å². The number of nitrogens with zero attached hydrogens (tertiary/aromatic N) is 4. The molecule has 0 saturated heterocycles. The first-order valence-electron chi connectivity index (χ1n) is 8.01. The Labute approximate surface area is 149 Å². The van der Waals surface area contributed by atoms with Gasteiger partial charge in [0.15, 0.2) is 11.5 Å². The lowest BCUT2D eigenvalue weighted by Gasteiger charge is -2.07. The Kier molecular flexibility index (Phi) is 5.02. The number of aromatic nitrogens is 4. The van der Waals surface area contributed by atoms with Crippen molar-refractivity contribution in [2.45, 2.75) is 13.8 Å². The number of hydrogen-bond donors (Lipinski definition) is 1. The van der Waals surface area contributed by atoms with Crippen molar-refractivity contribution in [2.24, 2.45) is 0 Å². The van der Waals surface area contributed by atoms with Crippen LogP contribution in [0.15, 0.2) is 48.8 Å². The lowest BCUT2D eigenvalue weighted by Crippen LogP contribution is -2.15. The Morgan fingerprint density at radius 2 is 1.88 bits per heavy atom. The Hall–Kier alpha value is -3.55. The van der Waals surface area contributed by atoms with Crippen molar-refractivity contribution in [3.63, 3.8) is 0 Å². The number of carbonyl (C=O) groups excluding carboxylic acids is 2. The van der Waals surface area contributed by atoms with Gasteiger partial charge in [-0.25, -0.2) is 9.78 Å². The highest BCUT2D eigenvalue weighted by molar-refractivity contribution is 6.03. The van der Waals surface area contributed by atoms with E-state index < -0.39 is 11.9 Å². The SMILES string of the molecule is CCOC(=O)c1ccc(NC(=O)c2ccc(-n3ccnc3C)nn2)cc1. The maximum atomic E-state index is 12.3. The van der Waals surface area contributed by atoms with Crippen LogP contribution in [-0.4, -0.2) is 38.2 Å². The predicted octanol–water partition coefficient (Wildman–Crippen LogP) is 2.40. The van der Waals surface area contributed by atoms with Crippen LogP contribution in [0.3, 0.4) is 0 Å². The summed E-state index contributed by atoms with van der Waals surface area (Å²) < 4.78 is 6.68. The largest absolute Gasteiger partial charge is 0.462 e. The number of benzene rings is 1. The van der Waals surface area contributed by atoms with E-state index in [1.54, 1.807) is 60.3 Å². The first-order valence-corrected chi connectivity index (χ1v) is 8.01. The number of hydrogen-bond acceptors (Lipinski definition) is 6. The second-order valence-electron chi connectivity index (χ2n) is 5.37. The van der Waals surface area contributed by atoms with Gasteiger partial charge in [0, 0.05) is 18.1 Å². The Bertz CT molecular complexity index is 917. The van der Waals surface area contributed by atoms with Crippen LogP contribution in [-0.2, 0) is 4.74 Å². The van der Waals surface area contributed by atoms with Gasteiger partial charge >= 0.3 is 5.97 Å². The van der Waals surface area contributed by atoms with Crippen LogP contribution >= 0.6 is 0 Å². The van der Waals surface area contributed by atoms with E-state index in [-0.39, 0.29) is 5.69 Å². The van der Waals surface area contributed by atoms with Crippen LogP contribution < -0.4 is 5.32 Å². The molecule has 0 bridgehead atoms. The van der Waals surface area contributed by atoms with Crippen molar-refractivity contribution in [2.75, 3.05) is 11.9 Å². The molecule has 0 atom stereocenters. The fraction of sp³-hybridized carbons (Fsp3) is 0.167. The van der Waals surface area contributed by atoms with E-state index in [0.29, 0.717) is 23.7 Å². The van der Waals surface area contributed by atoms with Crippen molar-refractivity contribution in [3.8, 4) is 5.82 Å². The van der Waals surface area contributed by atoms with Gasteiger partial charge in [0.05, 0.1) is 12.2 Å². The molecule has 0 fully saturated rings. The molecular formula is C18H17N5O3. The predicted molar refractivity (Wildman–Crippen MR) is 94.2 cm³/mol. The van der Waals surface area contributed by atoms with Gasteiger partial charge < -0.3 is 10.1 Å². The third kappa shape index (κ3) is 3.75. The molecule has 1 aromatic carbocycles. The molecule has 1 amide bonds. The molecule has 1 N–H and O–H groups in total. The van der Waals surface area contributed by atoms with Gasteiger partial charge in [-0.2, -0.15) is 0 Å². The molecule has 0 saturated carbocycles. The second-order valence-corrected chi connectivity index (χ2v) is 5.37. The molecule has 8 nitrogen and oxygen atoms in total. The molecule has 8 heteroatoms. The van der Waals surface area contributed by atoms with Crippen LogP contribution in [0.4, 0.5) is 5.69 Å². The summed E-state index contributed by atoms with van der Waals surface area (Å²) in [6.07, 6.45) is 3.43. The van der Waals surface area contributed by atoms with Gasteiger partial charge in [-0.3, -0.25) is 9.36 Å². The van der Waals surface area contributed by atoms with Gasteiger partial charge in [0.25, 0.3) is 5.91 Å². The van der Waals surface area contributed by atoms with E-state index >= 15 is 0 Å². The van der Waals surface area contributed by atoms with Crippen molar-refractivity contribution < 1.29 is 14.3 Å². The highest BCUT2D eigenvalue weighted by atomic mass is 16.5. The minimum absolute atomic E-state index is 0.181. The first-order chi connectivity index (χ1) is 12.6. The summed E-state index contributed by atoms with van der Waals surface area (Å²) in [6, 6.07) is 9.71. The fourth-order valence-corrected chi connectivity index (χ4v) is 2.29. The van der Waals surface area contributed by atoms with E-state index in [1.165, 1.54) is 0 Å². The average molecular weight is 351 g/mol. The van der Waals surface area contributed by atoms with Crippen LogP contribution in [0.5, 0.6) is 0 Å². The Morgan fingerprint density at radius 1 is 1.12 bits per heavy atom. The summed E-state index contributed by atoms with van der Waals surface area (Å²) in [5.41, 5.74) is 1.14. The van der Waals surface area contributed by atoms with Crippen molar-refractivity contribution in [3.05, 3.63) is 65.9 Å². The lowest BCUT2D eigenvalue weighted by atomic mass is 10.2. The zero-order chi connectivity index (χ0) is 18.5. The number of carbonyl (C=O) groups is 2. The maximum absolute atomic E-state index is 12.3.